The molecule has 3 atom stereocenters. The first-order valence-corrected chi connectivity index (χ1v) is 5.72. The second kappa shape index (κ2) is 4.62. The van der Waals surface area contributed by atoms with Crippen molar-refractivity contribution in [2.75, 3.05) is 0 Å². The third-order valence-electron chi connectivity index (χ3n) is 3.28. The maximum atomic E-state index is 9.01. The lowest BCUT2D eigenvalue weighted by molar-refractivity contribution is 0.402. The smallest absolute Gasteiger partial charge is 0.149 e. The zero-order chi connectivity index (χ0) is 11.5. The first kappa shape index (κ1) is 11.1. The maximum absolute atomic E-state index is 9.01. The van der Waals surface area contributed by atoms with E-state index in [0.29, 0.717) is 6.04 Å². The largest absolute Gasteiger partial charge is 0.319 e. The number of hydrogen-bond acceptors (Lipinski definition) is 4. The van der Waals surface area contributed by atoms with Crippen LogP contribution < -0.4 is 5.32 Å². The van der Waals surface area contributed by atoms with Crippen molar-refractivity contribution in [3.63, 3.8) is 0 Å². The van der Waals surface area contributed by atoms with Crippen LogP contribution in [0.1, 0.15) is 38.1 Å². The molecular formula is C11H17N5. The first-order valence-electron chi connectivity index (χ1n) is 5.72. The third kappa shape index (κ3) is 2.07. The molecule has 1 heterocycles. The van der Waals surface area contributed by atoms with Crippen LogP contribution in [0.25, 0.3) is 0 Å². The van der Waals surface area contributed by atoms with Crippen LogP contribution in [-0.2, 0) is 7.05 Å². The number of nitrogens with zero attached hydrogens (tertiary/aromatic N) is 4. The minimum Gasteiger partial charge on any atom is -0.319 e. The van der Waals surface area contributed by atoms with Gasteiger partial charge in [-0.1, -0.05) is 6.42 Å². The fourth-order valence-corrected chi connectivity index (χ4v) is 2.39. The Bertz CT molecular complexity index is 391. The summed E-state index contributed by atoms with van der Waals surface area (Å²) in [4.78, 5) is 0. The Labute approximate surface area is 95.5 Å². The van der Waals surface area contributed by atoms with E-state index in [1.165, 1.54) is 0 Å². The van der Waals surface area contributed by atoms with E-state index in [1.54, 1.807) is 6.33 Å². The van der Waals surface area contributed by atoms with Crippen molar-refractivity contribution in [2.45, 2.75) is 38.3 Å². The molecule has 1 aliphatic carbocycles. The molecule has 86 valence electrons. The molecule has 0 spiro atoms. The number of aryl methyl sites for hydroxylation is 1. The average molecular weight is 219 g/mol. The highest BCUT2D eigenvalue weighted by atomic mass is 15.3. The molecule has 1 aromatic rings. The first-order chi connectivity index (χ1) is 7.72. The van der Waals surface area contributed by atoms with Gasteiger partial charge in [0.25, 0.3) is 0 Å². The number of aromatic nitrogens is 3. The molecule has 3 unspecified atom stereocenters. The number of nitriles is 1. The molecule has 1 fully saturated rings. The van der Waals surface area contributed by atoms with Crippen LogP contribution in [0.3, 0.4) is 0 Å². The molecule has 1 N–H and O–H groups in total. The minimum absolute atomic E-state index is 0.145. The fraction of sp³-hybridized carbons (Fsp3) is 0.727. The Balaban J connectivity index is 2.00. The SMILES string of the molecule is CC(NC1CCCC1C#N)c1nncn1C. The van der Waals surface area contributed by atoms with Gasteiger partial charge in [-0.25, -0.2) is 0 Å². The molecule has 1 aromatic heterocycles. The van der Waals surface area contributed by atoms with E-state index in [2.05, 4.69) is 28.5 Å². The van der Waals surface area contributed by atoms with Gasteiger partial charge in [0, 0.05) is 13.1 Å². The quantitative estimate of drug-likeness (QED) is 0.828. The molecule has 0 saturated heterocycles. The highest BCUT2D eigenvalue weighted by molar-refractivity contribution is 5.00. The third-order valence-corrected chi connectivity index (χ3v) is 3.28. The van der Waals surface area contributed by atoms with Crippen molar-refractivity contribution in [1.29, 1.82) is 5.26 Å². The van der Waals surface area contributed by atoms with Crippen LogP contribution in [0.5, 0.6) is 0 Å². The number of rotatable bonds is 3. The second-order valence-corrected chi connectivity index (χ2v) is 4.46. The summed E-state index contributed by atoms with van der Waals surface area (Å²) in [5.41, 5.74) is 0. The van der Waals surface area contributed by atoms with E-state index in [-0.39, 0.29) is 12.0 Å². The van der Waals surface area contributed by atoms with Crippen molar-refractivity contribution in [3.05, 3.63) is 12.2 Å². The molecule has 0 aromatic carbocycles. The predicted molar refractivity (Wildman–Crippen MR) is 59.3 cm³/mol. The van der Waals surface area contributed by atoms with Crippen molar-refractivity contribution in [2.24, 2.45) is 13.0 Å². The normalized spacial score (nSPS) is 26.6. The number of hydrogen-bond donors (Lipinski definition) is 1. The Hall–Kier alpha value is -1.41. The Morgan fingerprint density at radius 2 is 2.44 bits per heavy atom. The molecule has 0 bridgehead atoms. The molecule has 5 nitrogen and oxygen atoms in total. The molecule has 5 heteroatoms. The van der Waals surface area contributed by atoms with Gasteiger partial charge in [0.15, 0.2) is 0 Å². The molecule has 16 heavy (non-hydrogen) atoms. The molecular weight excluding hydrogens is 202 g/mol. The molecule has 2 rings (SSSR count). The predicted octanol–water partition coefficient (Wildman–Crippen LogP) is 1.16. The summed E-state index contributed by atoms with van der Waals surface area (Å²) in [6.07, 6.45) is 4.94. The molecule has 0 amide bonds. The van der Waals surface area contributed by atoms with Gasteiger partial charge in [-0.3, -0.25) is 0 Å². The zero-order valence-corrected chi connectivity index (χ0v) is 9.72. The summed E-state index contributed by atoms with van der Waals surface area (Å²) in [6, 6.07) is 2.82. The average Bonchev–Trinajstić information content (AvgIpc) is 2.86. The Morgan fingerprint density at radius 1 is 1.62 bits per heavy atom. The molecule has 0 aliphatic heterocycles. The van der Waals surface area contributed by atoms with Gasteiger partial charge in [-0.15, -0.1) is 10.2 Å². The van der Waals surface area contributed by atoms with Crippen LogP contribution in [0.15, 0.2) is 6.33 Å². The van der Waals surface area contributed by atoms with Gasteiger partial charge >= 0.3 is 0 Å². The van der Waals surface area contributed by atoms with Crippen LogP contribution in [0.4, 0.5) is 0 Å². The molecule has 0 radical (unpaired) electrons. The van der Waals surface area contributed by atoms with Crippen molar-refractivity contribution < 1.29 is 0 Å². The molecule has 1 aliphatic rings. The lowest BCUT2D eigenvalue weighted by atomic mass is 10.0. The summed E-state index contributed by atoms with van der Waals surface area (Å²) in [5, 5.41) is 20.4. The van der Waals surface area contributed by atoms with Crippen molar-refractivity contribution in [1.82, 2.24) is 20.1 Å². The van der Waals surface area contributed by atoms with Crippen LogP contribution in [-0.4, -0.2) is 20.8 Å². The van der Waals surface area contributed by atoms with Gasteiger partial charge in [0.1, 0.15) is 12.2 Å². The fourth-order valence-electron chi connectivity index (χ4n) is 2.39. The monoisotopic (exact) mass is 219 g/mol. The van der Waals surface area contributed by atoms with E-state index >= 15 is 0 Å². The summed E-state index contributed by atoms with van der Waals surface area (Å²) >= 11 is 0. The van der Waals surface area contributed by atoms with E-state index < -0.39 is 0 Å². The van der Waals surface area contributed by atoms with Crippen molar-refractivity contribution >= 4 is 0 Å². The van der Waals surface area contributed by atoms with E-state index in [9.17, 15) is 0 Å². The van der Waals surface area contributed by atoms with Crippen LogP contribution in [0.2, 0.25) is 0 Å². The van der Waals surface area contributed by atoms with Gasteiger partial charge in [-0.05, 0) is 19.8 Å². The van der Waals surface area contributed by atoms with E-state index in [1.807, 2.05) is 11.6 Å². The van der Waals surface area contributed by atoms with Crippen molar-refractivity contribution in [3.8, 4) is 6.07 Å². The Kier molecular flexibility index (Phi) is 3.20. The zero-order valence-electron chi connectivity index (χ0n) is 9.72. The highest BCUT2D eigenvalue weighted by Crippen LogP contribution is 2.26. The second-order valence-electron chi connectivity index (χ2n) is 4.46. The lowest BCUT2D eigenvalue weighted by Crippen LogP contribution is -2.34. The van der Waals surface area contributed by atoms with Crippen LogP contribution >= 0.6 is 0 Å². The van der Waals surface area contributed by atoms with Gasteiger partial charge in [0.2, 0.25) is 0 Å². The minimum atomic E-state index is 0.145. The Morgan fingerprint density at radius 3 is 3.06 bits per heavy atom. The van der Waals surface area contributed by atoms with E-state index in [4.69, 9.17) is 5.26 Å². The molecule has 1 saturated carbocycles. The van der Waals surface area contributed by atoms with E-state index in [0.717, 1.165) is 25.1 Å². The summed E-state index contributed by atoms with van der Waals surface area (Å²) in [5.74, 6) is 1.07. The summed E-state index contributed by atoms with van der Waals surface area (Å²) in [6.45, 7) is 2.07. The van der Waals surface area contributed by atoms with Crippen LogP contribution in [0, 0.1) is 17.2 Å². The van der Waals surface area contributed by atoms with Gasteiger partial charge in [0.05, 0.1) is 18.0 Å². The lowest BCUT2D eigenvalue weighted by Gasteiger charge is -2.20. The maximum Gasteiger partial charge on any atom is 0.149 e. The topological polar surface area (TPSA) is 66.5 Å². The number of nitrogens with one attached hydrogen (secondary N) is 1. The standard InChI is InChI=1S/C11H17N5/c1-8(11-15-13-7-16(11)2)14-10-5-3-4-9(10)6-12/h7-10,14H,3-5H2,1-2H3. The summed E-state index contributed by atoms with van der Waals surface area (Å²) in [7, 11) is 1.93. The van der Waals surface area contributed by atoms with Gasteiger partial charge in [-0.2, -0.15) is 5.26 Å². The highest BCUT2D eigenvalue weighted by Gasteiger charge is 2.28. The van der Waals surface area contributed by atoms with Gasteiger partial charge < -0.3 is 9.88 Å². The summed E-state index contributed by atoms with van der Waals surface area (Å²) < 4.78 is 1.91.